The fourth-order valence-corrected chi connectivity index (χ4v) is 3.33. The third kappa shape index (κ3) is 4.65. The average Bonchev–Trinajstić information content (AvgIpc) is 2.40. The largest absolute Gasteiger partial charge is 0.395 e. The fraction of sp³-hybridized carbons (Fsp3) is 0.929. The van der Waals surface area contributed by atoms with Crippen molar-refractivity contribution in [2.45, 2.75) is 63.4 Å². The molecular formula is C14H28N2O2S. The minimum atomic E-state index is -0.00241. The normalized spacial score (nSPS) is 24.2. The van der Waals surface area contributed by atoms with E-state index >= 15 is 0 Å². The molecule has 1 saturated heterocycles. The van der Waals surface area contributed by atoms with Crippen LogP contribution in [-0.2, 0) is 4.79 Å². The summed E-state index contributed by atoms with van der Waals surface area (Å²) in [6.45, 7) is 7.37. The van der Waals surface area contributed by atoms with Crippen LogP contribution in [0.3, 0.4) is 0 Å². The van der Waals surface area contributed by atoms with Gasteiger partial charge in [0.25, 0.3) is 0 Å². The van der Waals surface area contributed by atoms with Crippen molar-refractivity contribution in [1.29, 1.82) is 0 Å². The number of likely N-dealkylation sites (tertiary alicyclic amines) is 1. The molecule has 0 spiro atoms. The number of aliphatic hydroxyl groups excluding tert-OH is 1. The van der Waals surface area contributed by atoms with Crippen LogP contribution in [0.5, 0.6) is 0 Å². The summed E-state index contributed by atoms with van der Waals surface area (Å²) in [5.74, 6) is 0.119. The number of hydrogen-bond acceptors (Lipinski definition) is 4. The van der Waals surface area contributed by atoms with Gasteiger partial charge in [-0.3, -0.25) is 9.69 Å². The zero-order valence-electron chi connectivity index (χ0n) is 12.6. The van der Waals surface area contributed by atoms with Gasteiger partial charge in [-0.1, -0.05) is 6.42 Å². The number of carbonyl (C=O) groups is 1. The number of nitrogens with one attached hydrogen (secondary N) is 1. The maximum absolute atomic E-state index is 12.4. The van der Waals surface area contributed by atoms with Crippen LogP contribution in [0.4, 0.5) is 0 Å². The number of rotatable bonds is 6. The Morgan fingerprint density at radius 1 is 1.42 bits per heavy atom. The molecular weight excluding hydrogens is 260 g/mol. The van der Waals surface area contributed by atoms with Crippen LogP contribution >= 0.6 is 11.8 Å². The second-order valence-corrected chi connectivity index (χ2v) is 6.67. The molecule has 1 amide bonds. The van der Waals surface area contributed by atoms with Crippen molar-refractivity contribution in [2.24, 2.45) is 0 Å². The van der Waals surface area contributed by atoms with Crippen molar-refractivity contribution in [3.8, 4) is 0 Å². The van der Waals surface area contributed by atoms with Crippen molar-refractivity contribution in [3.05, 3.63) is 0 Å². The first-order valence-electron chi connectivity index (χ1n) is 7.21. The molecule has 1 fully saturated rings. The predicted molar refractivity (Wildman–Crippen MR) is 81.5 cm³/mol. The molecule has 0 radical (unpaired) electrons. The minimum Gasteiger partial charge on any atom is -0.395 e. The summed E-state index contributed by atoms with van der Waals surface area (Å²) < 4.78 is 0. The quantitative estimate of drug-likeness (QED) is 0.777. The fourth-order valence-electron chi connectivity index (χ4n) is 2.70. The van der Waals surface area contributed by atoms with Gasteiger partial charge in [0, 0.05) is 17.3 Å². The Labute approximate surface area is 121 Å². The topological polar surface area (TPSA) is 52.6 Å². The van der Waals surface area contributed by atoms with Crippen LogP contribution < -0.4 is 5.32 Å². The van der Waals surface area contributed by atoms with Gasteiger partial charge in [-0.05, 0) is 46.4 Å². The smallest absolute Gasteiger partial charge is 0.237 e. The van der Waals surface area contributed by atoms with Crippen LogP contribution in [0.2, 0.25) is 0 Å². The highest BCUT2D eigenvalue weighted by Crippen LogP contribution is 2.20. The SMILES string of the molecule is CSC(CO)C(C)NC(=O)C1CCCCN1C(C)C. The first-order chi connectivity index (χ1) is 9.01. The van der Waals surface area contributed by atoms with Gasteiger partial charge in [-0.15, -0.1) is 0 Å². The molecule has 0 bridgehead atoms. The molecule has 0 aromatic rings. The maximum atomic E-state index is 12.4. The summed E-state index contributed by atoms with van der Waals surface area (Å²) in [4.78, 5) is 14.7. The van der Waals surface area contributed by atoms with Crippen molar-refractivity contribution >= 4 is 17.7 Å². The predicted octanol–water partition coefficient (Wildman–Crippen LogP) is 1.48. The standard InChI is InChI=1S/C14H28N2O2S/c1-10(2)16-8-6-5-7-12(16)14(18)15-11(3)13(9-17)19-4/h10-13,17H,5-9H2,1-4H3,(H,15,18). The van der Waals surface area contributed by atoms with E-state index in [4.69, 9.17) is 0 Å². The third-order valence-corrected chi connectivity index (χ3v) is 5.08. The highest BCUT2D eigenvalue weighted by Gasteiger charge is 2.31. The number of thioether (sulfide) groups is 1. The minimum absolute atomic E-state index is 0.00241. The Hall–Kier alpha value is -0.260. The van der Waals surface area contributed by atoms with Gasteiger partial charge in [0.2, 0.25) is 5.91 Å². The van der Waals surface area contributed by atoms with E-state index in [1.165, 1.54) is 6.42 Å². The summed E-state index contributed by atoms with van der Waals surface area (Å²) in [6.07, 6.45) is 5.22. The molecule has 112 valence electrons. The lowest BCUT2D eigenvalue weighted by Crippen LogP contribution is -2.55. The van der Waals surface area contributed by atoms with Gasteiger partial charge in [-0.2, -0.15) is 11.8 Å². The van der Waals surface area contributed by atoms with E-state index < -0.39 is 0 Å². The van der Waals surface area contributed by atoms with E-state index in [-0.39, 0.29) is 29.8 Å². The van der Waals surface area contributed by atoms with Gasteiger partial charge in [-0.25, -0.2) is 0 Å². The molecule has 3 atom stereocenters. The summed E-state index contributed by atoms with van der Waals surface area (Å²) in [5.41, 5.74) is 0. The molecule has 19 heavy (non-hydrogen) atoms. The number of amides is 1. The Morgan fingerprint density at radius 2 is 2.11 bits per heavy atom. The summed E-state index contributed by atoms with van der Waals surface area (Å²) in [6, 6.07) is 0.404. The molecule has 4 nitrogen and oxygen atoms in total. The Balaban J connectivity index is 2.59. The molecule has 1 aliphatic heterocycles. The van der Waals surface area contributed by atoms with Crippen LogP contribution in [0, 0.1) is 0 Å². The zero-order chi connectivity index (χ0) is 14.4. The van der Waals surface area contributed by atoms with Crippen molar-refractivity contribution in [1.82, 2.24) is 10.2 Å². The lowest BCUT2D eigenvalue weighted by atomic mass is 9.99. The lowest BCUT2D eigenvalue weighted by Gasteiger charge is -2.38. The van der Waals surface area contributed by atoms with E-state index in [1.807, 2.05) is 13.2 Å². The lowest BCUT2D eigenvalue weighted by molar-refractivity contribution is -0.129. The van der Waals surface area contributed by atoms with E-state index in [0.717, 1.165) is 19.4 Å². The van der Waals surface area contributed by atoms with Crippen LogP contribution in [-0.4, -0.2) is 58.7 Å². The number of piperidine rings is 1. The molecule has 0 aromatic heterocycles. The van der Waals surface area contributed by atoms with E-state index in [9.17, 15) is 9.90 Å². The van der Waals surface area contributed by atoms with Gasteiger partial charge in [0.15, 0.2) is 0 Å². The first kappa shape index (κ1) is 16.8. The molecule has 3 unspecified atom stereocenters. The summed E-state index contributed by atoms with van der Waals surface area (Å²) in [7, 11) is 0. The molecule has 0 aliphatic carbocycles. The molecule has 1 rings (SSSR count). The monoisotopic (exact) mass is 288 g/mol. The van der Waals surface area contributed by atoms with Crippen LogP contribution in [0.15, 0.2) is 0 Å². The number of aliphatic hydroxyl groups is 1. The van der Waals surface area contributed by atoms with E-state index in [1.54, 1.807) is 11.8 Å². The van der Waals surface area contributed by atoms with Gasteiger partial charge in [0.05, 0.1) is 12.6 Å². The molecule has 1 aliphatic rings. The van der Waals surface area contributed by atoms with Gasteiger partial charge >= 0.3 is 0 Å². The Kier molecular flexibility index (Phi) is 7.18. The van der Waals surface area contributed by atoms with Crippen LogP contribution in [0.25, 0.3) is 0 Å². The van der Waals surface area contributed by atoms with Gasteiger partial charge in [0.1, 0.15) is 0 Å². The number of nitrogens with zero attached hydrogens (tertiary/aromatic N) is 1. The number of hydrogen-bond donors (Lipinski definition) is 2. The summed E-state index contributed by atoms with van der Waals surface area (Å²) in [5, 5.41) is 12.4. The third-order valence-electron chi connectivity index (χ3n) is 3.92. The highest BCUT2D eigenvalue weighted by atomic mass is 32.2. The molecule has 2 N–H and O–H groups in total. The zero-order valence-corrected chi connectivity index (χ0v) is 13.4. The number of carbonyl (C=O) groups excluding carboxylic acids is 1. The van der Waals surface area contributed by atoms with E-state index in [2.05, 4.69) is 24.1 Å². The van der Waals surface area contributed by atoms with Crippen molar-refractivity contribution in [3.63, 3.8) is 0 Å². The maximum Gasteiger partial charge on any atom is 0.237 e. The average molecular weight is 288 g/mol. The second kappa shape index (κ2) is 8.12. The molecule has 0 aromatic carbocycles. The molecule has 0 saturated carbocycles. The van der Waals surface area contributed by atoms with Crippen molar-refractivity contribution in [2.75, 3.05) is 19.4 Å². The van der Waals surface area contributed by atoms with Crippen molar-refractivity contribution < 1.29 is 9.90 Å². The Morgan fingerprint density at radius 3 is 2.63 bits per heavy atom. The molecule has 1 heterocycles. The van der Waals surface area contributed by atoms with Gasteiger partial charge < -0.3 is 10.4 Å². The Bertz CT molecular complexity index is 283. The second-order valence-electron chi connectivity index (χ2n) is 5.60. The van der Waals surface area contributed by atoms with E-state index in [0.29, 0.717) is 6.04 Å². The molecule has 5 heteroatoms. The first-order valence-corrected chi connectivity index (χ1v) is 8.49. The highest BCUT2D eigenvalue weighted by molar-refractivity contribution is 7.99. The van der Waals surface area contributed by atoms with Crippen LogP contribution in [0.1, 0.15) is 40.0 Å². The summed E-state index contributed by atoms with van der Waals surface area (Å²) >= 11 is 1.60.